The maximum atomic E-state index is 12.2. The van der Waals surface area contributed by atoms with Gasteiger partial charge >= 0.3 is 6.36 Å². The molecule has 0 saturated heterocycles. The van der Waals surface area contributed by atoms with Crippen molar-refractivity contribution in [3.63, 3.8) is 0 Å². The van der Waals surface area contributed by atoms with Crippen molar-refractivity contribution in [3.8, 4) is 5.75 Å². The van der Waals surface area contributed by atoms with Gasteiger partial charge in [0, 0.05) is 7.11 Å². The second kappa shape index (κ2) is 5.79. The van der Waals surface area contributed by atoms with E-state index in [1.165, 1.54) is 18.2 Å². The van der Waals surface area contributed by atoms with Gasteiger partial charge in [-0.2, -0.15) is 0 Å². The van der Waals surface area contributed by atoms with Crippen molar-refractivity contribution in [1.82, 2.24) is 5.32 Å². The highest BCUT2D eigenvalue weighted by atomic mass is 19.4. The fraction of sp³-hybridized carbons (Fsp3) is 0.538. The largest absolute Gasteiger partial charge is 0.573 e. The number of alkyl halides is 3. The van der Waals surface area contributed by atoms with Gasteiger partial charge in [0.25, 0.3) is 0 Å². The second-order valence-electron chi connectivity index (χ2n) is 4.65. The Hall–Kier alpha value is -1.27. The molecular weight excluding hydrogens is 259 g/mol. The van der Waals surface area contributed by atoms with E-state index < -0.39 is 12.0 Å². The smallest absolute Gasteiger partial charge is 0.406 e. The van der Waals surface area contributed by atoms with Crippen LogP contribution >= 0.6 is 0 Å². The number of rotatable bonds is 5. The highest BCUT2D eigenvalue weighted by Gasteiger charge is 2.33. The number of halogens is 3. The molecule has 0 radical (unpaired) electrons. The lowest BCUT2D eigenvalue weighted by Crippen LogP contribution is -2.39. The summed E-state index contributed by atoms with van der Waals surface area (Å²) in [7, 11) is 3.28. The summed E-state index contributed by atoms with van der Waals surface area (Å²) < 4.78 is 45.9. The van der Waals surface area contributed by atoms with Gasteiger partial charge in [0.2, 0.25) is 0 Å². The number of methoxy groups -OCH3 is 1. The van der Waals surface area contributed by atoms with E-state index in [1.807, 2.05) is 13.8 Å². The molecule has 0 heterocycles. The molecule has 0 amide bonds. The number of likely N-dealkylation sites (N-methyl/N-ethyl adjacent to an activating group) is 1. The molecule has 1 N–H and O–H groups in total. The molecule has 0 spiro atoms. The van der Waals surface area contributed by atoms with Crippen molar-refractivity contribution in [1.29, 1.82) is 0 Å². The molecular formula is C13H18F3NO2. The van der Waals surface area contributed by atoms with Crippen molar-refractivity contribution in [3.05, 3.63) is 29.8 Å². The van der Waals surface area contributed by atoms with Crippen molar-refractivity contribution in [2.24, 2.45) is 0 Å². The quantitative estimate of drug-likeness (QED) is 0.896. The van der Waals surface area contributed by atoms with Crippen molar-refractivity contribution < 1.29 is 22.6 Å². The lowest BCUT2D eigenvalue weighted by Gasteiger charge is -2.33. The lowest BCUT2D eigenvalue weighted by atomic mass is 9.91. The number of ether oxygens (including phenoxy) is 2. The van der Waals surface area contributed by atoms with Crippen LogP contribution in [0.3, 0.4) is 0 Å². The molecule has 0 saturated carbocycles. The zero-order valence-electron chi connectivity index (χ0n) is 11.3. The van der Waals surface area contributed by atoms with Gasteiger partial charge in [0.1, 0.15) is 5.75 Å². The standard InChI is InChI=1S/C13H18F3NO2/c1-12(2,18-4)11(17-3)9-6-5-7-10(8-9)19-13(14,15)16/h5-8,11,17H,1-4H3. The number of hydrogen-bond acceptors (Lipinski definition) is 3. The predicted molar refractivity (Wildman–Crippen MR) is 66.0 cm³/mol. The zero-order valence-corrected chi connectivity index (χ0v) is 11.3. The zero-order chi connectivity index (χ0) is 14.7. The topological polar surface area (TPSA) is 30.5 Å². The summed E-state index contributed by atoms with van der Waals surface area (Å²) in [6.45, 7) is 3.71. The van der Waals surface area contributed by atoms with Crippen LogP contribution in [0.1, 0.15) is 25.5 Å². The third-order valence-electron chi connectivity index (χ3n) is 2.93. The van der Waals surface area contributed by atoms with E-state index in [0.29, 0.717) is 5.56 Å². The van der Waals surface area contributed by atoms with E-state index in [2.05, 4.69) is 10.1 Å². The normalized spacial score (nSPS) is 14.3. The molecule has 19 heavy (non-hydrogen) atoms. The van der Waals surface area contributed by atoms with E-state index in [4.69, 9.17) is 4.74 Å². The van der Waals surface area contributed by atoms with Crippen LogP contribution in [0.15, 0.2) is 24.3 Å². The minimum absolute atomic E-state index is 0.239. The Morgan fingerprint density at radius 2 is 1.84 bits per heavy atom. The Morgan fingerprint density at radius 3 is 2.32 bits per heavy atom. The molecule has 0 aliphatic heterocycles. The third-order valence-corrected chi connectivity index (χ3v) is 2.93. The predicted octanol–water partition coefficient (Wildman–Crippen LogP) is 3.27. The number of benzene rings is 1. The number of hydrogen-bond donors (Lipinski definition) is 1. The van der Waals surface area contributed by atoms with E-state index >= 15 is 0 Å². The molecule has 1 atom stereocenters. The van der Waals surface area contributed by atoms with E-state index in [0.717, 1.165) is 0 Å². The molecule has 0 aliphatic rings. The van der Waals surface area contributed by atoms with Gasteiger partial charge in [-0.25, -0.2) is 0 Å². The summed E-state index contributed by atoms with van der Waals surface area (Å²) in [5.41, 5.74) is 0.0992. The molecule has 0 fully saturated rings. The average molecular weight is 277 g/mol. The Balaban J connectivity index is 3.03. The van der Waals surface area contributed by atoms with Crippen LogP contribution in [0.25, 0.3) is 0 Å². The lowest BCUT2D eigenvalue weighted by molar-refractivity contribution is -0.274. The maximum Gasteiger partial charge on any atom is 0.573 e. The van der Waals surface area contributed by atoms with Gasteiger partial charge in [-0.1, -0.05) is 12.1 Å². The Morgan fingerprint density at radius 1 is 1.21 bits per heavy atom. The first-order chi connectivity index (χ1) is 8.69. The summed E-state index contributed by atoms with van der Waals surface area (Å²) in [5.74, 6) is -0.239. The monoisotopic (exact) mass is 277 g/mol. The summed E-state index contributed by atoms with van der Waals surface area (Å²) >= 11 is 0. The SMILES string of the molecule is CNC(c1cccc(OC(F)(F)F)c1)C(C)(C)OC. The minimum atomic E-state index is -4.69. The van der Waals surface area contributed by atoms with E-state index in [1.54, 1.807) is 20.2 Å². The summed E-state index contributed by atoms with van der Waals surface area (Å²) in [4.78, 5) is 0. The van der Waals surface area contributed by atoms with Gasteiger partial charge in [-0.3, -0.25) is 0 Å². The summed E-state index contributed by atoms with van der Waals surface area (Å²) in [6.07, 6.45) is -4.69. The van der Waals surface area contributed by atoms with Crippen LogP contribution in [0, 0.1) is 0 Å². The number of nitrogens with one attached hydrogen (secondary N) is 1. The maximum absolute atomic E-state index is 12.2. The highest BCUT2D eigenvalue weighted by Crippen LogP contribution is 2.31. The van der Waals surface area contributed by atoms with Crippen LogP contribution in [0.4, 0.5) is 13.2 Å². The fourth-order valence-corrected chi connectivity index (χ4v) is 1.92. The second-order valence-corrected chi connectivity index (χ2v) is 4.65. The van der Waals surface area contributed by atoms with E-state index in [9.17, 15) is 13.2 Å². The molecule has 1 aromatic carbocycles. The molecule has 6 heteroatoms. The first-order valence-corrected chi connectivity index (χ1v) is 5.77. The van der Waals surface area contributed by atoms with Crippen molar-refractivity contribution in [2.45, 2.75) is 31.9 Å². The van der Waals surface area contributed by atoms with Crippen LogP contribution in [-0.2, 0) is 4.74 Å². The van der Waals surface area contributed by atoms with E-state index in [-0.39, 0.29) is 11.8 Å². The van der Waals surface area contributed by atoms with Crippen LogP contribution < -0.4 is 10.1 Å². The van der Waals surface area contributed by atoms with Gasteiger partial charge in [-0.15, -0.1) is 13.2 Å². The van der Waals surface area contributed by atoms with Crippen LogP contribution in [-0.4, -0.2) is 26.1 Å². The van der Waals surface area contributed by atoms with Gasteiger partial charge in [0.05, 0.1) is 11.6 Å². The molecule has 3 nitrogen and oxygen atoms in total. The van der Waals surface area contributed by atoms with Gasteiger partial charge in [0.15, 0.2) is 0 Å². The van der Waals surface area contributed by atoms with Crippen molar-refractivity contribution in [2.75, 3.05) is 14.2 Å². The van der Waals surface area contributed by atoms with Crippen LogP contribution in [0.5, 0.6) is 5.75 Å². The Bertz CT molecular complexity index is 419. The first-order valence-electron chi connectivity index (χ1n) is 5.77. The van der Waals surface area contributed by atoms with Crippen molar-refractivity contribution >= 4 is 0 Å². The first kappa shape index (κ1) is 15.8. The molecule has 0 aromatic heterocycles. The molecule has 0 bridgehead atoms. The third kappa shape index (κ3) is 4.40. The molecule has 0 aliphatic carbocycles. The average Bonchev–Trinajstić information content (AvgIpc) is 2.28. The highest BCUT2D eigenvalue weighted by molar-refractivity contribution is 5.32. The minimum Gasteiger partial charge on any atom is -0.406 e. The molecule has 1 unspecified atom stereocenters. The Kier molecular flexibility index (Phi) is 4.81. The molecule has 108 valence electrons. The van der Waals surface area contributed by atoms with Gasteiger partial charge in [-0.05, 0) is 38.6 Å². The van der Waals surface area contributed by atoms with Gasteiger partial charge < -0.3 is 14.8 Å². The van der Waals surface area contributed by atoms with Crippen LogP contribution in [0.2, 0.25) is 0 Å². The summed E-state index contributed by atoms with van der Waals surface area (Å²) in [5, 5.41) is 3.04. The fourth-order valence-electron chi connectivity index (χ4n) is 1.92. The Labute approximate surface area is 110 Å². The molecule has 1 aromatic rings. The summed E-state index contributed by atoms with van der Waals surface area (Å²) in [6, 6.07) is 5.62. The molecule has 1 rings (SSSR count).